The van der Waals surface area contributed by atoms with Gasteiger partial charge < -0.3 is 91.2 Å². The first-order chi connectivity index (χ1) is 48.3. The number of fused-ring (bicyclic) bond motifs is 1. The van der Waals surface area contributed by atoms with Crippen LogP contribution in [0.3, 0.4) is 0 Å². The quantitative estimate of drug-likeness (QED) is 0.0291. The van der Waals surface area contributed by atoms with Crippen LogP contribution in [0.4, 0.5) is 4.79 Å². The van der Waals surface area contributed by atoms with Gasteiger partial charge in [0.1, 0.15) is 48.3 Å². The lowest BCUT2D eigenvalue weighted by Gasteiger charge is -2.28. The molecule has 9 atom stereocenters. The van der Waals surface area contributed by atoms with Crippen molar-refractivity contribution in [3.05, 3.63) is 120 Å². The molecule has 32 nitrogen and oxygen atoms in total. The Morgan fingerprint density at radius 2 is 1.29 bits per heavy atom. The van der Waals surface area contributed by atoms with E-state index in [0.29, 0.717) is 37.7 Å². The van der Waals surface area contributed by atoms with Crippen molar-refractivity contribution < 1.29 is 67.7 Å². The average molecular weight is 1420 g/mol. The first-order valence-corrected chi connectivity index (χ1v) is 34.0. The number of nitrogens with one attached hydrogen (secondary N) is 10. The lowest BCUT2D eigenvalue weighted by Crippen LogP contribution is -2.61. The molecule has 101 heavy (non-hydrogen) atoms. The van der Waals surface area contributed by atoms with Gasteiger partial charge in [-0.15, -0.1) is 0 Å². The molecule has 20 N–H and O–H groups in total. The van der Waals surface area contributed by atoms with E-state index in [2.05, 4.69) is 58.2 Å². The van der Waals surface area contributed by atoms with Crippen molar-refractivity contribution in [3.63, 3.8) is 0 Å². The Kier molecular flexibility index (Phi) is 31.7. The Bertz CT molecular complexity index is 3730. The van der Waals surface area contributed by atoms with Crippen molar-refractivity contribution in [1.82, 2.24) is 72.8 Å². The number of carbonyl (C=O) groups is 12. The number of nitrogens with two attached hydrogens (primary N) is 4. The molecule has 0 radical (unpaired) electrons. The van der Waals surface area contributed by atoms with Crippen LogP contribution >= 0.6 is 11.8 Å². The molecule has 2 aromatic heterocycles. The molecule has 0 spiro atoms. The second-order valence-electron chi connectivity index (χ2n) is 24.4. The summed E-state index contributed by atoms with van der Waals surface area (Å²) >= 11 is 1.24. The van der Waals surface area contributed by atoms with Gasteiger partial charge >= 0.3 is 12.0 Å². The van der Waals surface area contributed by atoms with E-state index in [0.717, 1.165) is 4.68 Å². The van der Waals surface area contributed by atoms with E-state index >= 15 is 4.79 Å². The van der Waals surface area contributed by atoms with Crippen LogP contribution in [-0.4, -0.2) is 208 Å². The largest absolute Gasteiger partial charge is 0.480 e. The number of aliphatic hydroxyl groups is 1. The maximum Gasteiger partial charge on any atom is 0.345 e. The molecule has 1 fully saturated rings. The highest BCUT2D eigenvalue weighted by Crippen LogP contribution is 2.34. The maximum absolute atomic E-state index is 15.3. The first-order valence-electron chi connectivity index (χ1n) is 33.2. The van der Waals surface area contributed by atoms with Crippen LogP contribution in [0.5, 0.6) is 0 Å². The second kappa shape index (κ2) is 40.2. The van der Waals surface area contributed by atoms with Gasteiger partial charge in [0.2, 0.25) is 53.2 Å². The predicted molar refractivity (Wildman–Crippen MR) is 375 cm³/mol. The monoisotopic (exact) mass is 1420 g/mol. The van der Waals surface area contributed by atoms with Crippen LogP contribution in [0.15, 0.2) is 107 Å². The Hall–Kier alpha value is -10.2. The third-order valence-corrected chi connectivity index (χ3v) is 17.2. The highest BCUT2D eigenvalue weighted by Gasteiger charge is 2.36. The summed E-state index contributed by atoms with van der Waals surface area (Å²) in [6.45, 7) is 2.91. The highest BCUT2D eigenvalue weighted by molar-refractivity contribution is 7.99. The first kappa shape index (κ1) is 79.8. The summed E-state index contributed by atoms with van der Waals surface area (Å²) in [6, 6.07) is 13.5. The normalized spacial score (nSPS) is 19.9. The summed E-state index contributed by atoms with van der Waals surface area (Å²) in [5.41, 5.74) is 25.6. The molecule has 544 valence electrons. The molecule has 1 aliphatic heterocycles. The zero-order valence-electron chi connectivity index (χ0n) is 56.8. The fraction of sp³-hybridized carbons (Fsp3) is 0.441. The Morgan fingerprint density at radius 1 is 0.693 bits per heavy atom. The van der Waals surface area contributed by atoms with E-state index in [1.165, 1.54) is 30.6 Å². The molecule has 5 aromatic rings. The third-order valence-electron chi connectivity index (χ3n) is 16.1. The van der Waals surface area contributed by atoms with Crippen LogP contribution < -0.4 is 76.1 Å². The number of carbonyl (C=O) groups excluding carboxylic acids is 11. The van der Waals surface area contributed by atoms with Crippen LogP contribution in [0.2, 0.25) is 0 Å². The van der Waals surface area contributed by atoms with Crippen molar-refractivity contribution in [3.8, 4) is 0 Å². The molecule has 1 aliphatic rings. The second-order valence-corrected chi connectivity index (χ2v) is 25.5. The number of rotatable bonds is 27. The topological polar surface area (TPSA) is 504 Å². The summed E-state index contributed by atoms with van der Waals surface area (Å²) in [7, 11) is 1.51. The fourth-order valence-electron chi connectivity index (χ4n) is 10.7. The molecule has 3 heterocycles. The maximum atomic E-state index is 15.3. The smallest absolute Gasteiger partial charge is 0.345 e. The number of benzene rings is 3. The summed E-state index contributed by atoms with van der Waals surface area (Å²) in [5, 5.41) is 51.7. The predicted octanol–water partition coefficient (Wildman–Crippen LogP) is -1.29. The van der Waals surface area contributed by atoms with Gasteiger partial charge in [-0.1, -0.05) is 74.1 Å². The lowest BCUT2D eigenvalue weighted by atomic mass is 10.00. The van der Waals surface area contributed by atoms with E-state index in [-0.39, 0.29) is 95.0 Å². The molecular formula is C68H92N18O14S. The number of aromatic nitrogens is 3. The number of pyridine rings is 1. The number of aliphatic carboxylic acids is 1. The average Bonchev–Trinajstić information content (AvgIpc) is 1.64. The lowest BCUT2D eigenvalue weighted by molar-refractivity contribution is -0.139. The number of hydrogen-bond donors (Lipinski definition) is 16. The van der Waals surface area contributed by atoms with Crippen molar-refractivity contribution in [2.75, 3.05) is 52.9 Å². The van der Waals surface area contributed by atoms with Crippen LogP contribution in [0.1, 0.15) is 99.4 Å². The van der Waals surface area contributed by atoms with E-state index in [1.807, 2.05) is 0 Å². The van der Waals surface area contributed by atoms with Crippen molar-refractivity contribution in [2.24, 2.45) is 28.9 Å². The van der Waals surface area contributed by atoms with Crippen molar-refractivity contribution in [1.29, 1.82) is 0 Å². The van der Waals surface area contributed by atoms with Gasteiger partial charge in [0.05, 0.1) is 28.6 Å². The van der Waals surface area contributed by atoms with Crippen LogP contribution in [0.25, 0.3) is 23.1 Å². The molecule has 6 rings (SSSR count). The number of carboxylic acid groups (broad SMARTS) is 1. The summed E-state index contributed by atoms with van der Waals surface area (Å²) in [4.78, 5) is 174. The molecule has 3 aromatic carbocycles. The molecule has 0 unspecified atom stereocenters. The Balaban J connectivity index is 1.38. The fourth-order valence-corrected chi connectivity index (χ4v) is 11.6. The van der Waals surface area contributed by atoms with E-state index < -0.39 is 146 Å². The minimum absolute atomic E-state index is 0.0359. The summed E-state index contributed by atoms with van der Waals surface area (Å²) < 4.78 is 1.11. The summed E-state index contributed by atoms with van der Waals surface area (Å²) in [6.07, 6.45) is 1.23. The molecule has 0 saturated carbocycles. The van der Waals surface area contributed by atoms with Gasteiger partial charge in [0.15, 0.2) is 0 Å². The number of hydrogen-bond acceptors (Lipinski definition) is 20. The molecular weight excluding hydrogens is 1320 g/mol. The minimum atomic E-state index is -1.70. The van der Waals surface area contributed by atoms with E-state index in [4.69, 9.17) is 28.0 Å². The van der Waals surface area contributed by atoms with Gasteiger partial charge in [0.25, 0.3) is 5.91 Å². The van der Waals surface area contributed by atoms with Gasteiger partial charge in [-0.3, -0.25) is 57.7 Å². The van der Waals surface area contributed by atoms with Crippen LogP contribution in [0, 0.1) is 5.92 Å². The molecule has 0 aliphatic carbocycles. The van der Waals surface area contributed by atoms with E-state index in [9.17, 15) is 63.0 Å². The van der Waals surface area contributed by atoms with Crippen LogP contribution in [-0.2, 0) is 54.4 Å². The zero-order chi connectivity index (χ0) is 73.7. The number of aliphatic hydroxyl groups excluding tert-OH is 1. The van der Waals surface area contributed by atoms with Crippen molar-refractivity contribution >= 4 is 106 Å². The van der Waals surface area contributed by atoms with Gasteiger partial charge in [-0.25, -0.2) is 4.79 Å². The third kappa shape index (κ3) is 24.6. The Labute approximate surface area is 588 Å². The van der Waals surface area contributed by atoms with E-state index in [1.54, 1.807) is 123 Å². The molecule has 11 amide bonds. The highest BCUT2D eigenvalue weighted by atomic mass is 32.2. The van der Waals surface area contributed by atoms with Gasteiger partial charge in [-0.2, -0.15) is 9.78 Å². The van der Waals surface area contributed by atoms with Gasteiger partial charge in [0, 0.05) is 73.9 Å². The standard InChI is InChI=1S/C68H92N18O14S/c1-39(2)36-52-64(95)80-48(23-28-69)60(91)79-50(25-30-71)63(94)83-58(40(3)87)66(97)76-32-26-51(62(93)78-49(24-29-70)61(92)82-53(65(96)81-52)37-41-12-6-5-7-13-41)77-57(89)27-34-85(35-33-75-56(88)22-20-46(72)67(98)99)68(100)86-54-38-43(101-55-16-9-8-15-45(55)59(90)73-4)18-19-44(54)47(84-86)21-17-42-14-10-11-31-74-42/h5-19,21,31,38-40,46,48-53,58,87H,20,22-30,32-37,69-72H2,1-4H3,(H,73,90)(H,75,88)(H,76,97)(H,77,89)(H,78,93)(H,79,91)(H,80,95)(H,81,96)(H,82,92)(H,83,94)(H,98,99)/b21-17+/t40-,46+,48+,49+,50+,51+,52+,53-,58+/m1/s1. The molecule has 33 heteroatoms. The SMILES string of the molecule is CNC(=O)c1ccccc1Sc1ccc2c(/C=C/c3ccccn3)nn(C(=O)N(CCNC(=O)CC[C@H](N)C(=O)O)CCC(=O)N[C@H]3CCNC(=O)[C@H]([C@@H](C)O)NC(=O)[C@H](CCN)NC(=O)[C@H](CCN)NC(=O)[C@H](CC(C)C)NC(=O)[C@@H](Cc4ccccc4)NC(=O)[C@H](CCN)NC3=O)c2c1. The molecule has 0 bridgehead atoms. The molecule has 1 saturated heterocycles. The number of nitrogens with zero attached hydrogens (tertiary/aromatic N) is 4. The van der Waals surface area contributed by atoms with Crippen molar-refractivity contribution in [2.45, 2.75) is 143 Å². The minimum Gasteiger partial charge on any atom is -0.480 e. The zero-order valence-corrected chi connectivity index (χ0v) is 57.6. The van der Waals surface area contributed by atoms with Gasteiger partial charge in [-0.05, 0) is 131 Å². The summed E-state index contributed by atoms with van der Waals surface area (Å²) in [5.74, 6) is -9.69. The Morgan fingerprint density at radius 3 is 1.90 bits per heavy atom. The number of carboxylic acids is 1. The number of amides is 11.